The van der Waals surface area contributed by atoms with Crippen LogP contribution in [0.3, 0.4) is 0 Å². The summed E-state index contributed by atoms with van der Waals surface area (Å²) < 4.78 is 58.6. The fourth-order valence-corrected chi connectivity index (χ4v) is 3.88. The minimum absolute atomic E-state index is 0.0364. The zero-order valence-corrected chi connectivity index (χ0v) is 13.9. The van der Waals surface area contributed by atoms with E-state index >= 15 is 0 Å². The van der Waals surface area contributed by atoms with Gasteiger partial charge in [-0.25, -0.2) is 8.42 Å². The maximum Gasteiger partial charge on any atom is 0.390 e. The van der Waals surface area contributed by atoms with E-state index in [4.69, 9.17) is 22.3 Å². The molecule has 0 aliphatic rings. The van der Waals surface area contributed by atoms with E-state index in [1.807, 2.05) is 5.32 Å². The van der Waals surface area contributed by atoms with Crippen molar-refractivity contribution >= 4 is 53.2 Å². The topological polar surface area (TPSA) is 63.2 Å². The number of rotatable bonds is 4. The molecule has 0 saturated carbocycles. The Morgan fingerprint density at radius 2 is 1.90 bits per heavy atom. The van der Waals surface area contributed by atoms with Crippen LogP contribution in [0, 0.1) is 0 Å². The summed E-state index contributed by atoms with van der Waals surface area (Å²) >= 11 is 8.68. The van der Waals surface area contributed by atoms with E-state index in [0.29, 0.717) is 0 Å². The highest BCUT2D eigenvalue weighted by Crippen LogP contribution is 2.31. The third-order valence-corrected chi connectivity index (χ3v) is 4.82. The maximum atomic E-state index is 12.0. The second-order valence-electron chi connectivity index (χ2n) is 3.82. The first-order chi connectivity index (χ1) is 9.42. The Morgan fingerprint density at radius 1 is 1.33 bits per heavy atom. The van der Waals surface area contributed by atoms with Crippen molar-refractivity contribution in [1.82, 2.24) is 5.32 Å². The lowest BCUT2D eigenvalue weighted by atomic mass is 10.2. The fraction of sp³-hybridized carbons (Fsp3) is 0.300. The molecular formula is C10H7BrCl2F3NO3S. The van der Waals surface area contributed by atoms with Crippen molar-refractivity contribution < 1.29 is 26.4 Å². The number of hydrogen-bond donors (Lipinski definition) is 1. The van der Waals surface area contributed by atoms with Gasteiger partial charge >= 0.3 is 6.18 Å². The highest BCUT2D eigenvalue weighted by atomic mass is 79.9. The van der Waals surface area contributed by atoms with Gasteiger partial charge in [-0.3, -0.25) is 4.79 Å². The summed E-state index contributed by atoms with van der Waals surface area (Å²) in [5.74, 6) is -0.932. The van der Waals surface area contributed by atoms with Gasteiger partial charge in [0.2, 0.25) is 0 Å². The summed E-state index contributed by atoms with van der Waals surface area (Å²) in [6, 6.07) is 2.01. The zero-order valence-electron chi connectivity index (χ0n) is 9.97. The standard InChI is InChI=1S/C10H7BrCl2F3NO3S/c11-6-4-7(12)5(3-8(6)21(13,19)20)9(18)17-2-1-10(14,15)16/h3-4H,1-2H2,(H,17,18). The van der Waals surface area contributed by atoms with Crippen molar-refractivity contribution in [3.8, 4) is 0 Å². The van der Waals surface area contributed by atoms with Gasteiger partial charge in [0.25, 0.3) is 15.0 Å². The van der Waals surface area contributed by atoms with Crippen LogP contribution in [0.2, 0.25) is 5.02 Å². The van der Waals surface area contributed by atoms with Gasteiger partial charge in [0.1, 0.15) is 0 Å². The van der Waals surface area contributed by atoms with Crippen LogP contribution < -0.4 is 5.32 Å². The largest absolute Gasteiger partial charge is 0.390 e. The fourth-order valence-electron chi connectivity index (χ4n) is 1.30. The third kappa shape index (κ3) is 5.65. The summed E-state index contributed by atoms with van der Waals surface area (Å²) in [6.45, 7) is -0.655. The molecule has 1 amide bonds. The van der Waals surface area contributed by atoms with Gasteiger partial charge in [0, 0.05) is 21.7 Å². The molecule has 11 heteroatoms. The molecule has 0 saturated heterocycles. The molecule has 118 valence electrons. The lowest BCUT2D eigenvalue weighted by molar-refractivity contribution is -0.132. The molecule has 1 aromatic carbocycles. The van der Waals surface area contributed by atoms with E-state index in [1.54, 1.807) is 0 Å². The van der Waals surface area contributed by atoms with E-state index in [-0.39, 0.29) is 15.1 Å². The first-order valence-corrected chi connectivity index (χ1v) is 8.68. The SMILES string of the molecule is O=C(NCCC(F)(F)F)c1cc(S(=O)(=O)Cl)c(Br)cc1Cl. The minimum atomic E-state index is -4.42. The van der Waals surface area contributed by atoms with E-state index in [9.17, 15) is 26.4 Å². The van der Waals surface area contributed by atoms with Gasteiger partial charge in [-0.1, -0.05) is 11.6 Å². The first kappa shape index (κ1) is 18.5. The van der Waals surface area contributed by atoms with Crippen LogP contribution in [0.1, 0.15) is 16.8 Å². The Kier molecular flexibility index (Phi) is 5.93. The van der Waals surface area contributed by atoms with Gasteiger partial charge in [-0.05, 0) is 28.1 Å². The normalized spacial score (nSPS) is 12.3. The summed E-state index contributed by atoms with van der Waals surface area (Å²) in [5.41, 5.74) is -0.290. The van der Waals surface area contributed by atoms with Gasteiger partial charge in [-0.2, -0.15) is 13.2 Å². The lowest BCUT2D eigenvalue weighted by Gasteiger charge is -2.10. The summed E-state index contributed by atoms with van der Waals surface area (Å²) in [6.07, 6.45) is -5.63. The Morgan fingerprint density at radius 3 is 2.38 bits per heavy atom. The molecule has 0 radical (unpaired) electrons. The number of amides is 1. The molecule has 0 fully saturated rings. The molecule has 0 aliphatic heterocycles. The molecule has 1 rings (SSSR count). The molecule has 4 nitrogen and oxygen atoms in total. The smallest absolute Gasteiger partial charge is 0.352 e. The number of alkyl halides is 3. The van der Waals surface area contributed by atoms with E-state index in [1.165, 1.54) is 0 Å². The van der Waals surface area contributed by atoms with Crippen LogP contribution in [-0.2, 0) is 9.05 Å². The average molecular weight is 429 g/mol. The third-order valence-electron chi connectivity index (χ3n) is 2.22. The lowest BCUT2D eigenvalue weighted by Crippen LogP contribution is -2.28. The molecule has 0 spiro atoms. The van der Waals surface area contributed by atoms with Crippen molar-refractivity contribution in [1.29, 1.82) is 0 Å². The molecule has 0 atom stereocenters. The Balaban J connectivity index is 3.00. The van der Waals surface area contributed by atoms with Gasteiger partial charge in [0.05, 0.1) is 21.9 Å². The average Bonchev–Trinajstić information content (AvgIpc) is 2.24. The molecule has 1 aromatic rings. The van der Waals surface area contributed by atoms with Crippen LogP contribution >= 0.6 is 38.2 Å². The molecule has 0 aromatic heterocycles. The summed E-state index contributed by atoms with van der Waals surface area (Å²) in [4.78, 5) is 11.3. The van der Waals surface area contributed by atoms with Crippen molar-refractivity contribution in [3.63, 3.8) is 0 Å². The van der Waals surface area contributed by atoms with Crippen molar-refractivity contribution in [2.24, 2.45) is 0 Å². The van der Waals surface area contributed by atoms with E-state index in [2.05, 4.69) is 15.9 Å². The van der Waals surface area contributed by atoms with Crippen molar-refractivity contribution in [3.05, 3.63) is 27.2 Å². The highest BCUT2D eigenvalue weighted by Gasteiger charge is 2.27. The molecular weight excluding hydrogens is 422 g/mol. The maximum absolute atomic E-state index is 12.0. The number of carbonyl (C=O) groups is 1. The van der Waals surface area contributed by atoms with Crippen LogP contribution in [0.4, 0.5) is 13.2 Å². The van der Waals surface area contributed by atoms with E-state index < -0.39 is 39.0 Å². The van der Waals surface area contributed by atoms with Crippen molar-refractivity contribution in [2.45, 2.75) is 17.5 Å². The van der Waals surface area contributed by atoms with Crippen LogP contribution in [0.15, 0.2) is 21.5 Å². The Bertz CT molecular complexity index is 664. The van der Waals surface area contributed by atoms with Crippen LogP contribution in [0.25, 0.3) is 0 Å². The van der Waals surface area contributed by atoms with E-state index in [0.717, 1.165) is 12.1 Å². The molecule has 1 N–H and O–H groups in total. The molecule has 0 bridgehead atoms. The second kappa shape index (κ2) is 6.72. The van der Waals surface area contributed by atoms with Gasteiger partial charge in [-0.15, -0.1) is 0 Å². The second-order valence-corrected chi connectivity index (χ2v) is 7.62. The predicted molar refractivity (Wildman–Crippen MR) is 75.2 cm³/mol. The molecule has 0 heterocycles. The van der Waals surface area contributed by atoms with Gasteiger partial charge < -0.3 is 5.32 Å². The Hall–Kier alpha value is -0.510. The Labute approximate surface area is 136 Å². The van der Waals surface area contributed by atoms with Gasteiger partial charge in [0.15, 0.2) is 0 Å². The molecule has 0 aliphatic carbocycles. The van der Waals surface area contributed by atoms with Crippen molar-refractivity contribution in [2.75, 3.05) is 6.54 Å². The zero-order chi connectivity index (χ0) is 16.4. The van der Waals surface area contributed by atoms with Crippen LogP contribution in [-0.4, -0.2) is 27.0 Å². The molecule has 21 heavy (non-hydrogen) atoms. The number of nitrogens with one attached hydrogen (secondary N) is 1. The number of carbonyl (C=O) groups excluding carboxylic acids is 1. The molecule has 0 unspecified atom stereocenters. The summed E-state index contributed by atoms with van der Waals surface area (Å²) in [7, 11) is 1.03. The number of benzene rings is 1. The summed E-state index contributed by atoms with van der Waals surface area (Å²) in [5, 5.41) is 1.87. The van der Waals surface area contributed by atoms with Crippen LogP contribution in [0.5, 0.6) is 0 Å². The quantitative estimate of drug-likeness (QED) is 0.743. The number of hydrogen-bond acceptors (Lipinski definition) is 3. The first-order valence-electron chi connectivity index (χ1n) is 5.20. The monoisotopic (exact) mass is 427 g/mol. The highest BCUT2D eigenvalue weighted by molar-refractivity contribution is 9.10. The predicted octanol–water partition coefficient (Wildman–Crippen LogP) is 3.71. The number of halogens is 6. The minimum Gasteiger partial charge on any atom is -0.352 e.